The minimum Gasteiger partial charge on any atom is -0.456 e. The Morgan fingerprint density at radius 1 is 0.905 bits per heavy atom. The molecule has 0 radical (unpaired) electrons. The summed E-state index contributed by atoms with van der Waals surface area (Å²) in [6.45, 7) is 11.1. The third-order valence-corrected chi connectivity index (χ3v) is 7.70. The lowest BCUT2D eigenvalue weighted by Crippen LogP contribution is -2.57. The van der Waals surface area contributed by atoms with Gasteiger partial charge in [-0.2, -0.15) is 0 Å². The first-order chi connectivity index (χ1) is 19.7. The zero-order valence-electron chi connectivity index (χ0n) is 25.1. The number of ether oxygens (including phenoxy) is 1. The highest BCUT2D eigenvalue weighted by Crippen LogP contribution is 2.14. The van der Waals surface area contributed by atoms with Gasteiger partial charge >= 0.3 is 5.97 Å². The average molecular weight is 627 g/mol. The molecule has 0 bridgehead atoms. The van der Waals surface area contributed by atoms with Crippen LogP contribution in [-0.2, 0) is 38.3 Å². The molecule has 12 nitrogen and oxygen atoms in total. The fourth-order valence-corrected chi connectivity index (χ4v) is 4.86. The fraction of sp³-hybridized carbons (Fsp3) is 0.607. The van der Waals surface area contributed by atoms with E-state index in [9.17, 15) is 33.6 Å². The highest BCUT2D eigenvalue weighted by atomic mass is 32.2. The topological polar surface area (TPSA) is 177 Å². The number of allylic oxidation sites excluding steroid dienone is 2. The van der Waals surface area contributed by atoms with E-state index in [1.807, 2.05) is 0 Å². The fourth-order valence-electron chi connectivity index (χ4n) is 3.68. The molecule has 1 heterocycles. The molecular formula is C28H42N4O8S2. The molecule has 0 aliphatic carbocycles. The highest BCUT2D eigenvalue weighted by molar-refractivity contribution is 8.13. The second-order valence-electron chi connectivity index (χ2n) is 10.3. The quantitative estimate of drug-likeness (QED) is 0.134. The van der Waals surface area contributed by atoms with Gasteiger partial charge in [0.2, 0.25) is 17.7 Å². The predicted octanol–water partition coefficient (Wildman–Crippen LogP) is 1.59. The second kappa shape index (κ2) is 18.4. The summed E-state index contributed by atoms with van der Waals surface area (Å²) in [5.74, 6) is -3.96. The Balaban J connectivity index is 3.46. The van der Waals surface area contributed by atoms with Crippen molar-refractivity contribution in [1.82, 2.24) is 21.3 Å². The van der Waals surface area contributed by atoms with Gasteiger partial charge in [-0.05, 0) is 31.3 Å². The minimum absolute atomic E-state index is 0.0359. The Kier molecular flexibility index (Phi) is 16.2. The van der Waals surface area contributed by atoms with Crippen molar-refractivity contribution < 1.29 is 38.3 Å². The van der Waals surface area contributed by atoms with Crippen molar-refractivity contribution in [3.05, 3.63) is 23.9 Å². The molecule has 4 amide bonds. The Morgan fingerprint density at radius 3 is 2.07 bits per heavy atom. The first kappa shape index (κ1) is 36.9. The number of carbonyl (C=O) groups excluding carboxylic acids is 7. The van der Waals surface area contributed by atoms with Gasteiger partial charge in [0.15, 0.2) is 10.2 Å². The largest absolute Gasteiger partial charge is 0.456 e. The van der Waals surface area contributed by atoms with E-state index in [0.717, 1.165) is 23.5 Å². The second-order valence-corrected chi connectivity index (χ2v) is 12.7. The van der Waals surface area contributed by atoms with Crippen LogP contribution in [0.25, 0.3) is 0 Å². The molecule has 0 saturated carbocycles. The summed E-state index contributed by atoms with van der Waals surface area (Å²) in [5.41, 5.74) is -0.161. The number of cyclic esters (lactones) is 1. The normalized spacial score (nSPS) is 24.3. The van der Waals surface area contributed by atoms with Gasteiger partial charge < -0.3 is 26.0 Å². The van der Waals surface area contributed by atoms with Gasteiger partial charge in [0.1, 0.15) is 29.9 Å². The summed E-state index contributed by atoms with van der Waals surface area (Å²) < 4.78 is 5.64. The van der Waals surface area contributed by atoms with Crippen LogP contribution in [-0.4, -0.2) is 75.6 Å². The molecule has 14 heteroatoms. The van der Waals surface area contributed by atoms with E-state index in [1.165, 1.54) is 32.9 Å². The van der Waals surface area contributed by atoms with E-state index in [1.54, 1.807) is 33.8 Å². The molecule has 0 spiro atoms. The monoisotopic (exact) mass is 626 g/mol. The lowest BCUT2D eigenvalue weighted by molar-refractivity contribution is -0.153. The van der Waals surface area contributed by atoms with Crippen molar-refractivity contribution in [2.75, 3.05) is 11.5 Å². The molecule has 234 valence electrons. The Morgan fingerprint density at radius 2 is 1.52 bits per heavy atom. The van der Waals surface area contributed by atoms with Gasteiger partial charge in [-0.1, -0.05) is 63.4 Å². The molecule has 0 aromatic heterocycles. The molecule has 0 unspecified atom stereocenters. The van der Waals surface area contributed by atoms with Crippen molar-refractivity contribution >= 4 is 63.4 Å². The third-order valence-electron chi connectivity index (χ3n) is 5.94. The highest BCUT2D eigenvalue weighted by Gasteiger charge is 2.33. The van der Waals surface area contributed by atoms with E-state index in [4.69, 9.17) is 4.74 Å². The van der Waals surface area contributed by atoms with E-state index < -0.39 is 59.7 Å². The van der Waals surface area contributed by atoms with E-state index >= 15 is 0 Å². The summed E-state index contributed by atoms with van der Waals surface area (Å²) >= 11 is 1.96. The van der Waals surface area contributed by atoms with Crippen LogP contribution in [0.2, 0.25) is 0 Å². The van der Waals surface area contributed by atoms with Gasteiger partial charge in [-0.25, -0.2) is 4.79 Å². The SMILES string of the molecule is C/C=C1/NC(=O)[C@@H](CSC(C)=O)NC(=O)[C@@H](C(C)C)NC(=O)C[C@@H](/C=C/CCSC(C)=O)OC(=O)[C@H](C(C)C)NC1=O. The van der Waals surface area contributed by atoms with Crippen LogP contribution in [0.3, 0.4) is 0 Å². The molecule has 4 N–H and O–H groups in total. The first-order valence-electron chi connectivity index (χ1n) is 13.7. The Bertz CT molecular complexity index is 1090. The van der Waals surface area contributed by atoms with E-state index in [-0.39, 0.29) is 34.0 Å². The van der Waals surface area contributed by atoms with Crippen LogP contribution < -0.4 is 21.3 Å². The molecule has 1 aliphatic heterocycles. The van der Waals surface area contributed by atoms with Crippen LogP contribution in [0, 0.1) is 11.8 Å². The maximum Gasteiger partial charge on any atom is 0.329 e. The zero-order valence-corrected chi connectivity index (χ0v) is 26.7. The van der Waals surface area contributed by atoms with Gasteiger partial charge in [0.05, 0.1) is 6.42 Å². The summed E-state index contributed by atoms with van der Waals surface area (Å²) in [6.07, 6.45) is 3.71. The molecule has 4 atom stereocenters. The Hall–Kier alpha value is -3.13. The number of nitrogens with one attached hydrogen (secondary N) is 4. The van der Waals surface area contributed by atoms with Crippen LogP contribution in [0.1, 0.15) is 61.3 Å². The average Bonchev–Trinajstić information content (AvgIpc) is 2.89. The van der Waals surface area contributed by atoms with Crippen LogP contribution in [0.15, 0.2) is 23.9 Å². The molecular weight excluding hydrogens is 584 g/mol. The summed E-state index contributed by atoms with van der Waals surface area (Å²) in [6, 6.07) is -3.38. The van der Waals surface area contributed by atoms with Crippen LogP contribution in [0.4, 0.5) is 0 Å². The number of hydrogen-bond acceptors (Lipinski definition) is 10. The van der Waals surface area contributed by atoms with Gasteiger partial charge in [0.25, 0.3) is 5.91 Å². The third kappa shape index (κ3) is 13.2. The Labute approximate surface area is 255 Å². The zero-order chi connectivity index (χ0) is 32.0. The van der Waals surface area contributed by atoms with Gasteiger partial charge in [-0.3, -0.25) is 28.8 Å². The molecule has 42 heavy (non-hydrogen) atoms. The molecule has 1 aliphatic rings. The van der Waals surface area contributed by atoms with Crippen molar-refractivity contribution in [1.29, 1.82) is 0 Å². The maximum atomic E-state index is 13.2. The minimum atomic E-state index is -1.21. The van der Waals surface area contributed by atoms with E-state index in [0.29, 0.717) is 12.2 Å². The maximum absolute atomic E-state index is 13.2. The van der Waals surface area contributed by atoms with Gasteiger partial charge in [-0.15, -0.1) is 0 Å². The number of esters is 1. The number of thioether (sulfide) groups is 2. The smallest absolute Gasteiger partial charge is 0.329 e. The molecule has 0 aromatic rings. The number of carbonyl (C=O) groups is 7. The number of amides is 4. The number of rotatable bonds is 8. The van der Waals surface area contributed by atoms with Crippen molar-refractivity contribution in [3.63, 3.8) is 0 Å². The van der Waals surface area contributed by atoms with E-state index in [2.05, 4.69) is 21.3 Å². The summed E-state index contributed by atoms with van der Waals surface area (Å²) in [7, 11) is 0. The summed E-state index contributed by atoms with van der Waals surface area (Å²) in [5, 5.41) is 9.98. The first-order valence-corrected chi connectivity index (χ1v) is 15.6. The molecule has 0 aromatic carbocycles. The van der Waals surface area contributed by atoms with Crippen LogP contribution in [0.5, 0.6) is 0 Å². The molecule has 1 fully saturated rings. The summed E-state index contributed by atoms with van der Waals surface area (Å²) in [4.78, 5) is 88.6. The predicted molar refractivity (Wildman–Crippen MR) is 162 cm³/mol. The molecule has 1 saturated heterocycles. The van der Waals surface area contributed by atoms with Crippen LogP contribution >= 0.6 is 23.5 Å². The number of hydrogen-bond donors (Lipinski definition) is 4. The standard InChI is InChI=1S/C28H42N4O8S2/c1-8-20-25(36)32-24(16(4)5)28(39)40-19(11-9-10-12-41-17(6)33)13-22(35)31-23(15(2)3)27(38)30-21(26(37)29-20)14-42-18(7)34/h8-9,11,15-16,19,21,23-24H,10,12-14H2,1-7H3,(H,29,37)(H,30,38)(H,31,35)(H,32,36)/b11-9+,20-8+/t19-,21-,23-,24+/m1/s1. The van der Waals surface area contributed by atoms with Gasteiger partial charge in [0, 0.05) is 25.4 Å². The molecule has 1 rings (SSSR count). The van der Waals surface area contributed by atoms with Crippen molar-refractivity contribution in [3.8, 4) is 0 Å². The van der Waals surface area contributed by atoms with Crippen molar-refractivity contribution in [2.24, 2.45) is 11.8 Å². The lowest BCUT2D eigenvalue weighted by Gasteiger charge is -2.27. The van der Waals surface area contributed by atoms with Crippen molar-refractivity contribution in [2.45, 2.75) is 85.5 Å². The lowest BCUT2D eigenvalue weighted by atomic mass is 10.0.